The first kappa shape index (κ1) is 16.7. The SMILES string of the molecule is CC(C)(C)OC(=O)N1CCC(C(F)(F)c2ccccc2)CC1. The second kappa shape index (κ2) is 6.23. The highest BCUT2D eigenvalue weighted by molar-refractivity contribution is 5.68. The highest BCUT2D eigenvalue weighted by Crippen LogP contribution is 2.41. The number of hydrogen-bond acceptors (Lipinski definition) is 2. The fourth-order valence-electron chi connectivity index (χ4n) is 2.65. The van der Waals surface area contributed by atoms with Crippen LogP contribution >= 0.6 is 0 Å². The Morgan fingerprint density at radius 2 is 1.68 bits per heavy atom. The van der Waals surface area contributed by atoms with Crippen LogP contribution in [0.1, 0.15) is 39.2 Å². The lowest BCUT2D eigenvalue weighted by molar-refractivity contribution is -0.0861. The molecule has 1 amide bonds. The van der Waals surface area contributed by atoms with E-state index in [2.05, 4.69) is 0 Å². The summed E-state index contributed by atoms with van der Waals surface area (Å²) in [7, 11) is 0. The van der Waals surface area contributed by atoms with Gasteiger partial charge in [0, 0.05) is 24.6 Å². The molecule has 0 spiro atoms. The summed E-state index contributed by atoms with van der Waals surface area (Å²) in [6.45, 7) is 5.99. The van der Waals surface area contributed by atoms with E-state index in [-0.39, 0.29) is 18.4 Å². The average molecular weight is 311 g/mol. The number of carbonyl (C=O) groups is 1. The maximum atomic E-state index is 14.5. The standard InChI is InChI=1S/C17H23F2NO2/c1-16(2,3)22-15(21)20-11-9-14(10-12-20)17(18,19)13-7-5-4-6-8-13/h4-8,14H,9-12H2,1-3H3. The van der Waals surface area contributed by atoms with Crippen molar-refractivity contribution in [2.45, 2.75) is 45.1 Å². The zero-order valence-corrected chi connectivity index (χ0v) is 13.3. The topological polar surface area (TPSA) is 29.5 Å². The molecule has 122 valence electrons. The van der Waals surface area contributed by atoms with Crippen LogP contribution in [-0.2, 0) is 10.7 Å². The number of nitrogens with zero attached hydrogens (tertiary/aromatic N) is 1. The number of piperidine rings is 1. The van der Waals surface area contributed by atoms with E-state index in [9.17, 15) is 13.6 Å². The van der Waals surface area contributed by atoms with E-state index in [0.29, 0.717) is 13.1 Å². The number of hydrogen-bond donors (Lipinski definition) is 0. The van der Waals surface area contributed by atoms with Gasteiger partial charge in [0.2, 0.25) is 0 Å². The lowest BCUT2D eigenvalue weighted by atomic mass is 9.86. The first-order valence-electron chi connectivity index (χ1n) is 7.61. The van der Waals surface area contributed by atoms with Crippen LogP contribution in [0.4, 0.5) is 13.6 Å². The molecule has 3 nitrogen and oxygen atoms in total. The van der Waals surface area contributed by atoms with Crippen LogP contribution in [-0.4, -0.2) is 29.7 Å². The maximum absolute atomic E-state index is 14.5. The van der Waals surface area contributed by atoms with Gasteiger partial charge in [-0.2, -0.15) is 0 Å². The van der Waals surface area contributed by atoms with Crippen LogP contribution in [0.3, 0.4) is 0 Å². The number of benzene rings is 1. The van der Waals surface area contributed by atoms with E-state index in [1.165, 1.54) is 17.0 Å². The van der Waals surface area contributed by atoms with Gasteiger partial charge in [-0.05, 0) is 33.6 Å². The number of amides is 1. The van der Waals surface area contributed by atoms with E-state index in [0.717, 1.165) is 0 Å². The van der Waals surface area contributed by atoms with Gasteiger partial charge in [0.15, 0.2) is 0 Å². The minimum absolute atomic E-state index is 0.0470. The zero-order valence-electron chi connectivity index (χ0n) is 13.3. The van der Waals surface area contributed by atoms with Gasteiger partial charge in [0.05, 0.1) is 0 Å². The first-order chi connectivity index (χ1) is 10.2. The number of ether oxygens (including phenoxy) is 1. The molecular weight excluding hydrogens is 288 g/mol. The molecule has 0 unspecified atom stereocenters. The molecule has 1 fully saturated rings. The van der Waals surface area contributed by atoms with Crippen LogP contribution in [0.5, 0.6) is 0 Å². The molecule has 0 atom stereocenters. The van der Waals surface area contributed by atoms with E-state index in [4.69, 9.17) is 4.74 Å². The number of alkyl halides is 2. The molecule has 2 rings (SSSR count). The van der Waals surface area contributed by atoms with Crippen molar-refractivity contribution in [2.75, 3.05) is 13.1 Å². The normalized spacial score (nSPS) is 17.4. The minimum Gasteiger partial charge on any atom is -0.444 e. The summed E-state index contributed by atoms with van der Waals surface area (Å²) < 4.78 is 34.3. The summed E-state index contributed by atoms with van der Waals surface area (Å²) in [6, 6.07) is 7.89. The van der Waals surface area contributed by atoms with Gasteiger partial charge in [-0.1, -0.05) is 30.3 Å². The lowest BCUT2D eigenvalue weighted by Gasteiger charge is -2.36. The Morgan fingerprint density at radius 3 is 2.18 bits per heavy atom. The highest BCUT2D eigenvalue weighted by Gasteiger charge is 2.43. The summed E-state index contributed by atoms with van der Waals surface area (Å²) >= 11 is 0. The summed E-state index contributed by atoms with van der Waals surface area (Å²) in [5.74, 6) is -3.60. The average Bonchev–Trinajstić information content (AvgIpc) is 2.46. The van der Waals surface area contributed by atoms with E-state index in [1.807, 2.05) is 0 Å². The van der Waals surface area contributed by atoms with Crippen molar-refractivity contribution in [3.63, 3.8) is 0 Å². The maximum Gasteiger partial charge on any atom is 0.410 e. The highest BCUT2D eigenvalue weighted by atomic mass is 19.3. The molecule has 0 saturated carbocycles. The molecule has 1 heterocycles. The summed E-state index contributed by atoms with van der Waals surface area (Å²) in [5.41, 5.74) is -0.521. The summed E-state index contributed by atoms with van der Waals surface area (Å²) in [4.78, 5) is 13.5. The third-order valence-electron chi connectivity index (χ3n) is 3.82. The molecule has 1 aromatic carbocycles. The van der Waals surface area contributed by atoms with Crippen LogP contribution in [0, 0.1) is 5.92 Å². The van der Waals surface area contributed by atoms with Crippen LogP contribution in [0.15, 0.2) is 30.3 Å². The van der Waals surface area contributed by atoms with E-state index < -0.39 is 23.5 Å². The quantitative estimate of drug-likeness (QED) is 0.809. The molecule has 1 saturated heterocycles. The van der Waals surface area contributed by atoms with Gasteiger partial charge < -0.3 is 9.64 Å². The molecule has 0 N–H and O–H groups in total. The Morgan fingerprint density at radius 1 is 1.14 bits per heavy atom. The van der Waals surface area contributed by atoms with E-state index in [1.54, 1.807) is 39.0 Å². The molecule has 1 aromatic rings. The smallest absolute Gasteiger partial charge is 0.410 e. The van der Waals surface area contributed by atoms with Crippen LogP contribution in [0.25, 0.3) is 0 Å². The van der Waals surface area contributed by atoms with Crippen LogP contribution < -0.4 is 0 Å². The molecule has 22 heavy (non-hydrogen) atoms. The number of likely N-dealkylation sites (tertiary alicyclic amines) is 1. The first-order valence-corrected chi connectivity index (χ1v) is 7.61. The second-order valence-corrected chi connectivity index (χ2v) is 6.73. The molecule has 5 heteroatoms. The van der Waals surface area contributed by atoms with Gasteiger partial charge in [0.1, 0.15) is 5.60 Å². The molecule has 0 radical (unpaired) electrons. The fourth-order valence-corrected chi connectivity index (χ4v) is 2.65. The Labute approximate surface area is 130 Å². The Bertz CT molecular complexity index is 503. The minimum atomic E-state index is -2.86. The molecule has 1 aliphatic heterocycles. The zero-order chi connectivity index (χ0) is 16.4. The number of halogens is 2. The van der Waals surface area contributed by atoms with Crippen molar-refractivity contribution in [2.24, 2.45) is 5.92 Å². The van der Waals surface area contributed by atoms with Crippen molar-refractivity contribution in [1.29, 1.82) is 0 Å². The number of carbonyl (C=O) groups excluding carboxylic acids is 1. The second-order valence-electron chi connectivity index (χ2n) is 6.73. The predicted octanol–water partition coefficient (Wildman–Crippen LogP) is 4.43. The largest absolute Gasteiger partial charge is 0.444 e. The van der Waals surface area contributed by atoms with Crippen molar-refractivity contribution >= 4 is 6.09 Å². The van der Waals surface area contributed by atoms with Gasteiger partial charge >= 0.3 is 6.09 Å². The van der Waals surface area contributed by atoms with Gasteiger partial charge in [-0.15, -0.1) is 0 Å². The molecule has 0 bridgehead atoms. The van der Waals surface area contributed by atoms with Crippen molar-refractivity contribution in [1.82, 2.24) is 4.90 Å². The van der Waals surface area contributed by atoms with Crippen molar-refractivity contribution in [3.05, 3.63) is 35.9 Å². The van der Waals surface area contributed by atoms with Gasteiger partial charge in [-0.3, -0.25) is 0 Å². The Balaban J connectivity index is 1.96. The van der Waals surface area contributed by atoms with Crippen molar-refractivity contribution in [3.8, 4) is 0 Å². The molecule has 0 aromatic heterocycles. The monoisotopic (exact) mass is 311 g/mol. The Kier molecular flexibility index (Phi) is 4.73. The van der Waals surface area contributed by atoms with Crippen LogP contribution in [0.2, 0.25) is 0 Å². The Hall–Kier alpha value is -1.65. The molecular formula is C17H23F2NO2. The lowest BCUT2D eigenvalue weighted by Crippen LogP contribution is -2.44. The predicted molar refractivity (Wildman–Crippen MR) is 80.9 cm³/mol. The van der Waals surface area contributed by atoms with E-state index >= 15 is 0 Å². The summed E-state index contributed by atoms with van der Waals surface area (Å²) in [6.07, 6.45) is 0.136. The van der Waals surface area contributed by atoms with Crippen molar-refractivity contribution < 1.29 is 18.3 Å². The number of rotatable bonds is 2. The third-order valence-corrected chi connectivity index (χ3v) is 3.82. The van der Waals surface area contributed by atoms with Gasteiger partial charge in [0.25, 0.3) is 5.92 Å². The molecule has 1 aliphatic rings. The van der Waals surface area contributed by atoms with Gasteiger partial charge in [-0.25, -0.2) is 13.6 Å². The fraction of sp³-hybridized carbons (Fsp3) is 0.588. The third kappa shape index (κ3) is 3.96. The molecule has 0 aliphatic carbocycles. The summed E-state index contributed by atoms with van der Waals surface area (Å²) in [5, 5.41) is 0.